The minimum Gasteiger partial charge on any atom is -0.368 e. The second-order valence-corrected chi connectivity index (χ2v) is 8.59. The van der Waals surface area contributed by atoms with Crippen LogP contribution in [0.2, 0.25) is 5.02 Å². The first-order valence-corrected chi connectivity index (χ1v) is 11.0. The molecule has 0 bridgehead atoms. The number of carbonyl (C=O) groups excluding carboxylic acids is 1. The lowest BCUT2D eigenvalue weighted by Gasteiger charge is -2.25. The number of hydrogen-bond acceptors (Lipinski definition) is 8. The van der Waals surface area contributed by atoms with Crippen molar-refractivity contribution in [3.05, 3.63) is 40.7 Å². The molecule has 3 heterocycles. The van der Waals surface area contributed by atoms with E-state index in [0.29, 0.717) is 29.3 Å². The molecule has 1 aliphatic rings. The number of hydrogen-bond donors (Lipinski definition) is 3. The minimum atomic E-state index is -0.142. The number of rotatable bonds is 6. The molecule has 0 spiro atoms. The third-order valence-electron chi connectivity index (χ3n) is 5.61. The highest BCUT2D eigenvalue weighted by atomic mass is 35.5. The van der Waals surface area contributed by atoms with E-state index in [1.807, 2.05) is 25.1 Å². The molecule has 2 aromatic heterocycles. The van der Waals surface area contributed by atoms with E-state index in [2.05, 4.69) is 36.6 Å². The number of pyridine rings is 1. The third kappa shape index (κ3) is 4.83. The molecule has 1 saturated heterocycles. The third-order valence-corrected chi connectivity index (χ3v) is 5.91. The van der Waals surface area contributed by atoms with Gasteiger partial charge in [-0.25, -0.2) is 4.98 Å². The zero-order chi connectivity index (χ0) is 22.8. The van der Waals surface area contributed by atoms with Crippen LogP contribution in [0.4, 0.5) is 17.7 Å². The average Bonchev–Trinajstić information content (AvgIpc) is 3.20. The number of anilines is 3. The van der Waals surface area contributed by atoms with Gasteiger partial charge in [0, 0.05) is 37.5 Å². The number of amides is 1. The molecule has 4 rings (SSSR count). The Morgan fingerprint density at radius 2 is 2.12 bits per heavy atom. The molecule has 32 heavy (non-hydrogen) atoms. The maximum absolute atomic E-state index is 11.3. The van der Waals surface area contributed by atoms with E-state index in [0.717, 1.165) is 41.8 Å². The lowest BCUT2D eigenvalue weighted by atomic mass is 10.1. The summed E-state index contributed by atoms with van der Waals surface area (Å²) in [7, 11) is 0. The highest BCUT2D eigenvalue weighted by Gasteiger charge is 2.27. The Labute approximate surface area is 191 Å². The van der Waals surface area contributed by atoms with Gasteiger partial charge >= 0.3 is 0 Å². The first kappa shape index (κ1) is 22.0. The summed E-state index contributed by atoms with van der Waals surface area (Å²) in [5.74, 6) is 2.38. The average molecular weight is 455 g/mol. The molecule has 0 radical (unpaired) electrons. The predicted molar refractivity (Wildman–Crippen MR) is 127 cm³/mol. The summed E-state index contributed by atoms with van der Waals surface area (Å²) in [5.41, 5.74) is 7.57. The molecule has 0 saturated carbocycles. The fourth-order valence-corrected chi connectivity index (χ4v) is 4.28. The maximum atomic E-state index is 11.3. The van der Waals surface area contributed by atoms with Crippen molar-refractivity contribution in [1.82, 2.24) is 25.3 Å². The fourth-order valence-electron chi connectivity index (χ4n) is 4.06. The van der Waals surface area contributed by atoms with E-state index < -0.39 is 0 Å². The molecule has 3 aromatic rings. The van der Waals surface area contributed by atoms with Crippen LogP contribution in [0.3, 0.4) is 0 Å². The van der Waals surface area contributed by atoms with Crippen molar-refractivity contribution >= 4 is 46.1 Å². The molecule has 1 aliphatic heterocycles. The van der Waals surface area contributed by atoms with Crippen molar-refractivity contribution < 1.29 is 4.79 Å². The Balaban J connectivity index is 1.68. The number of fused-ring (bicyclic) bond motifs is 1. The van der Waals surface area contributed by atoms with E-state index in [1.54, 1.807) is 13.8 Å². The number of para-hydroxylation sites is 1. The second-order valence-electron chi connectivity index (χ2n) is 8.18. The Bertz CT molecular complexity index is 1130. The van der Waals surface area contributed by atoms with E-state index in [-0.39, 0.29) is 17.9 Å². The summed E-state index contributed by atoms with van der Waals surface area (Å²) in [6.07, 6.45) is 0.979. The standard InChI is InChI=1S/C22H27ClN8O/c1-12(26-22-28-13(2)27-21(24)30-22)17-9-16-5-4-6-18(23)19(16)29-20(17)31-8-7-15(11-31)10-25-14(3)32/h4-6,9,12,15H,7-8,10-11H2,1-3H3,(H,25,32)(H3,24,26,27,28,30)/t12-,15?/m0/s1. The number of nitrogens with two attached hydrogens (primary N) is 1. The smallest absolute Gasteiger partial charge is 0.228 e. The van der Waals surface area contributed by atoms with Crippen LogP contribution in [-0.4, -0.2) is 45.5 Å². The quantitative estimate of drug-likeness (QED) is 0.519. The summed E-state index contributed by atoms with van der Waals surface area (Å²) in [4.78, 5) is 31.1. The molecule has 4 N–H and O–H groups in total. The van der Waals surface area contributed by atoms with Crippen LogP contribution in [0, 0.1) is 12.8 Å². The zero-order valence-electron chi connectivity index (χ0n) is 18.4. The van der Waals surface area contributed by atoms with Gasteiger partial charge in [0.05, 0.1) is 16.6 Å². The molecule has 1 fully saturated rings. The fraction of sp³-hybridized carbons (Fsp3) is 0.409. The van der Waals surface area contributed by atoms with E-state index >= 15 is 0 Å². The van der Waals surface area contributed by atoms with Crippen molar-refractivity contribution in [2.45, 2.75) is 33.2 Å². The Hall–Kier alpha value is -3.20. The van der Waals surface area contributed by atoms with Gasteiger partial charge in [0.2, 0.25) is 17.8 Å². The molecule has 2 atom stereocenters. The number of halogens is 1. The van der Waals surface area contributed by atoms with Crippen LogP contribution in [-0.2, 0) is 4.79 Å². The van der Waals surface area contributed by atoms with Gasteiger partial charge in [-0.2, -0.15) is 15.0 Å². The molecular formula is C22H27ClN8O. The lowest BCUT2D eigenvalue weighted by Crippen LogP contribution is -2.30. The Morgan fingerprint density at radius 1 is 1.31 bits per heavy atom. The highest BCUT2D eigenvalue weighted by molar-refractivity contribution is 6.35. The summed E-state index contributed by atoms with van der Waals surface area (Å²) < 4.78 is 0. The van der Waals surface area contributed by atoms with Crippen molar-refractivity contribution in [3.8, 4) is 0 Å². The number of aromatic nitrogens is 4. The molecule has 10 heteroatoms. The number of aryl methyl sites for hydroxylation is 1. The lowest BCUT2D eigenvalue weighted by molar-refractivity contribution is -0.119. The number of nitrogens with zero attached hydrogens (tertiary/aromatic N) is 5. The second kappa shape index (κ2) is 9.12. The number of nitrogen functional groups attached to an aromatic ring is 1. The molecule has 168 valence electrons. The van der Waals surface area contributed by atoms with E-state index in [9.17, 15) is 4.79 Å². The van der Waals surface area contributed by atoms with Crippen molar-refractivity contribution in [2.24, 2.45) is 5.92 Å². The molecule has 1 aromatic carbocycles. The molecule has 0 aliphatic carbocycles. The first-order valence-electron chi connectivity index (χ1n) is 10.6. The summed E-state index contributed by atoms with van der Waals surface area (Å²) in [6.45, 7) is 7.67. The number of nitrogens with one attached hydrogen (secondary N) is 2. The SMILES string of the molecule is CC(=O)NCC1CCN(c2nc3c(Cl)cccc3cc2[C@H](C)Nc2nc(C)nc(N)n2)C1. The van der Waals surface area contributed by atoms with Gasteiger partial charge in [-0.15, -0.1) is 0 Å². The van der Waals surface area contributed by atoms with Crippen molar-refractivity contribution in [3.63, 3.8) is 0 Å². The van der Waals surface area contributed by atoms with Gasteiger partial charge in [-0.1, -0.05) is 23.7 Å². The van der Waals surface area contributed by atoms with Gasteiger partial charge in [-0.05, 0) is 38.3 Å². The number of benzene rings is 1. The summed E-state index contributed by atoms with van der Waals surface area (Å²) in [5, 5.41) is 7.84. The molecule has 1 unspecified atom stereocenters. The van der Waals surface area contributed by atoms with Crippen LogP contribution >= 0.6 is 11.6 Å². The predicted octanol–water partition coefficient (Wildman–Crippen LogP) is 3.10. The maximum Gasteiger partial charge on any atom is 0.228 e. The number of carbonyl (C=O) groups is 1. The van der Waals surface area contributed by atoms with Crippen LogP contribution in [0.25, 0.3) is 10.9 Å². The van der Waals surface area contributed by atoms with Gasteiger partial charge < -0.3 is 21.3 Å². The van der Waals surface area contributed by atoms with Crippen molar-refractivity contribution in [1.29, 1.82) is 0 Å². The summed E-state index contributed by atoms with van der Waals surface area (Å²) in [6, 6.07) is 7.74. The van der Waals surface area contributed by atoms with Crippen LogP contribution in [0.1, 0.15) is 37.7 Å². The van der Waals surface area contributed by atoms with E-state index in [1.165, 1.54) is 0 Å². The molecule has 1 amide bonds. The normalized spacial score (nSPS) is 16.9. The first-order chi connectivity index (χ1) is 15.3. The molecular weight excluding hydrogens is 428 g/mol. The van der Waals surface area contributed by atoms with Crippen LogP contribution < -0.4 is 21.3 Å². The van der Waals surface area contributed by atoms with Gasteiger partial charge in [0.1, 0.15) is 11.6 Å². The van der Waals surface area contributed by atoms with E-state index in [4.69, 9.17) is 22.3 Å². The molecule has 9 nitrogen and oxygen atoms in total. The van der Waals surface area contributed by atoms with Gasteiger partial charge in [0.25, 0.3) is 0 Å². The van der Waals surface area contributed by atoms with Gasteiger partial charge in [-0.3, -0.25) is 4.79 Å². The largest absolute Gasteiger partial charge is 0.368 e. The van der Waals surface area contributed by atoms with Gasteiger partial charge in [0.15, 0.2) is 0 Å². The van der Waals surface area contributed by atoms with Crippen LogP contribution in [0.15, 0.2) is 24.3 Å². The Kier molecular flexibility index (Phi) is 6.27. The van der Waals surface area contributed by atoms with Crippen LogP contribution in [0.5, 0.6) is 0 Å². The Morgan fingerprint density at radius 3 is 2.88 bits per heavy atom. The zero-order valence-corrected chi connectivity index (χ0v) is 19.1. The highest BCUT2D eigenvalue weighted by Crippen LogP contribution is 2.34. The minimum absolute atomic E-state index is 0.00973. The van der Waals surface area contributed by atoms with Crippen molar-refractivity contribution in [2.75, 3.05) is 35.6 Å². The topological polar surface area (TPSA) is 122 Å². The monoisotopic (exact) mass is 454 g/mol. The summed E-state index contributed by atoms with van der Waals surface area (Å²) >= 11 is 6.46.